The lowest BCUT2D eigenvalue weighted by Crippen LogP contribution is -2.44. The molecular weight excluding hydrogens is 604 g/mol. The fourth-order valence-corrected chi connectivity index (χ4v) is 7.93. The first-order chi connectivity index (χ1) is 20.8. The molecule has 3 aromatic rings. The Bertz CT molecular complexity index is 1550. The molecule has 1 aromatic heterocycles. The van der Waals surface area contributed by atoms with Crippen molar-refractivity contribution in [2.24, 2.45) is 5.41 Å². The highest BCUT2D eigenvalue weighted by atomic mass is 28.4. The second-order valence-electron chi connectivity index (χ2n) is 15.2. The highest BCUT2D eigenvalue weighted by molar-refractivity contribution is 6.74. The van der Waals surface area contributed by atoms with Gasteiger partial charge in [0.25, 0.3) is 0 Å². The van der Waals surface area contributed by atoms with E-state index in [1.54, 1.807) is 0 Å². The number of hydrogen-bond donors (Lipinski definition) is 0. The molecule has 0 spiro atoms. The zero-order valence-corrected chi connectivity index (χ0v) is 28.1. The van der Waals surface area contributed by atoms with Crippen molar-refractivity contribution in [2.75, 3.05) is 0 Å². The molecule has 0 unspecified atom stereocenters. The fourth-order valence-electron chi connectivity index (χ4n) is 6.66. The van der Waals surface area contributed by atoms with Gasteiger partial charge in [-0.1, -0.05) is 65.7 Å². The molecule has 45 heavy (non-hydrogen) atoms. The van der Waals surface area contributed by atoms with Gasteiger partial charge in [-0.05, 0) is 90.2 Å². The molecule has 244 valence electrons. The van der Waals surface area contributed by atoms with Crippen LogP contribution in [-0.4, -0.2) is 13.3 Å². The van der Waals surface area contributed by atoms with E-state index in [2.05, 4.69) is 47.7 Å². The second-order valence-corrected chi connectivity index (χ2v) is 19.9. The van der Waals surface area contributed by atoms with E-state index in [1.165, 1.54) is 6.07 Å². The Kier molecular flexibility index (Phi) is 8.88. The van der Waals surface area contributed by atoms with Gasteiger partial charge in [0.2, 0.25) is 0 Å². The van der Waals surface area contributed by atoms with Crippen LogP contribution in [0.3, 0.4) is 0 Å². The number of fused-ring (bicyclic) bond motifs is 1. The lowest BCUT2D eigenvalue weighted by molar-refractivity contribution is -0.137. The summed E-state index contributed by atoms with van der Waals surface area (Å²) in [4.78, 5) is 5.21. The van der Waals surface area contributed by atoms with Crippen molar-refractivity contribution in [3.8, 4) is 11.1 Å². The van der Waals surface area contributed by atoms with Gasteiger partial charge in [-0.3, -0.25) is 4.98 Å². The summed E-state index contributed by atoms with van der Waals surface area (Å²) in [6.07, 6.45) is -2.22. The Labute approximate surface area is 263 Å². The van der Waals surface area contributed by atoms with Gasteiger partial charge in [0, 0.05) is 22.7 Å². The molecule has 0 aliphatic heterocycles. The third kappa shape index (κ3) is 6.75. The van der Waals surface area contributed by atoms with Crippen LogP contribution < -0.4 is 0 Å². The number of pyridine rings is 1. The smallest absolute Gasteiger partial charge is 0.410 e. The van der Waals surface area contributed by atoms with E-state index in [1.807, 2.05) is 0 Å². The fraction of sp³-hybridized carbons (Fsp3) is 0.528. The summed E-state index contributed by atoms with van der Waals surface area (Å²) >= 11 is 0. The van der Waals surface area contributed by atoms with Gasteiger partial charge in [-0.2, -0.15) is 13.2 Å². The molecule has 1 heterocycles. The number of aromatic nitrogens is 1. The average Bonchev–Trinajstić information content (AvgIpc) is 3.46. The first kappa shape index (κ1) is 33.7. The molecule has 2 nitrogen and oxygen atoms in total. The summed E-state index contributed by atoms with van der Waals surface area (Å²) in [5.74, 6) is -2.14. The molecule has 0 saturated heterocycles. The molecule has 9 heteroatoms. The first-order valence-electron chi connectivity index (χ1n) is 15.8. The number of nitrogens with zero attached hydrogens (tertiary/aromatic N) is 1. The Morgan fingerprint density at radius 1 is 0.933 bits per heavy atom. The standard InChI is InChI=1S/C36H43F6NOSi/c1-34(2,3)45(6,7)44-28-20-35(4,5)19-27-30(28)29(23-14-17-25(37)26(38)18-23)31(33(43-27)22-10-8-9-11-22)32(39)21-12-15-24(16-13-21)36(40,41)42/h12-18,22,28,32H,8-11,19-20H2,1-7H3/t28-,32-/m0/s1. The van der Waals surface area contributed by atoms with E-state index in [0.717, 1.165) is 67.8 Å². The minimum Gasteiger partial charge on any atom is -0.410 e. The van der Waals surface area contributed by atoms with Crippen molar-refractivity contribution in [1.82, 2.24) is 4.98 Å². The molecule has 5 rings (SSSR count). The maximum Gasteiger partial charge on any atom is 0.416 e. The van der Waals surface area contributed by atoms with Crippen molar-refractivity contribution in [3.63, 3.8) is 0 Å². The van der Waals surface area contributed by atoms with Crippen molar-refractivity contribution < 1.29 is 30.8 Å². The molecule has 0 N–H and O–H groups in total. The van der Waals surface area contributed by atoms with Gasteiger partial charge in [0.15, 0.2) is 26.1 Å². The molecule has 0 amide bonds. The predicted molar refractivity (Wildman–Crippen MR) is 168 cm³/mol. The van der Waals surface area contributed by atoms with Crippen molar-refractivity contribution in [3.05, 3.63) is 87.7 Å². The largest absolute Gasteiger partial charge is 0.416 e. The summed E-state index contributed by atoms with van der Waals surface area (Å²) in [5, 5.41) is -0.139. The highest BCUT2D eigenvalue weighted by Gasteiger charge is 2.45. The van der Waals surface area contributed by atoms with Crippen LogP contribution in [0.1, 0.15) is 119 Å². The summed E-state index contributed by atoms with van der Waals surface area (Å²) in [5.41, 5.74) is 1.92. The topological polar surface area (TPSA) is 22.1 Å². The van der Waals surface area contributed by atoms with Crippen molar-refractivity contribution >= 4 is 8.32 Å². The normalized spacial score (nSPS) is 19.9. The number of halogens is 6. The predicted octanol–water partition coefficient (Wildman–Crippen LogP) is 11.8. The molecule has 2 aliphatic rings. The van der Waals surface area contributed by atoms with Gasteiger partial charge in [0.1, 0.15) is 0 Å². The SMILES string of the molecule is CC1(C)Cc2nc(C3CCCC3)c([C@@H](F)c3ccc(C(F)(F)F)cc3)c(-c3ccc(F)c(F)c3)c2[C@@H](O[Si](C)(C)C(C)(C)C)C1. The van der Waals surface area contributed by atoms with Gasteiger partial charge in [0.05, 0.1) is 17.4 Å². The lowest BCUT2D eigenvalue weighted by atomic mass is 9.71. The van der Waals surface area contributed by atoms with Crippen molar-refractivity contribution in [1.29, 1.82) is 0 Å². The number of hydrogen-bond acceptors (Lipinski definition) is 2. The maximum atomic E-state index is 17.2. The third-order valence-electron chi connectivity index (χ3n) is 10.1. The molecule has 1 fully saturated rings. The third-order valence-corrected chi connectivity index (χ3v) is 14.6. The molecule has 2 aliphatic carbocycles. The molecule has 1 saturated carbocycles. The van der Waals surface area contributed by atoms with Crippen LogP contribution in [0.2, 0.25) is 18.1 Å². The zero-order chi connectivity index (χ0) is 33.1. The second kappa shape index (κ2) is 11.9. The van der Waals surface area contributed by atoms with E-state index >= 15 is 4.39 Å². The molecule has 0 radical (unpaired) electrons. The van der Waals surface area contributed by atoms with Crippen LogP contribution in [0.4, 0.5) is 26.3 Å². The molecule has 2 atom stereocenters. The minimum atomic E-state index is -4.56. The Balaban J connectivity index is 1.84. The van der Waals surface area contributed by atoms with E-state index in [0.29, 0.717) is 35.2 Å². The maximum absolute atomic E-state index is 17.2. The van der Waals surface area contributed by atoms with Crippen molar-refractivity contribution in [2.45, 2.75) is 116 Å². The van der Waals surface area contributed by atoms with E-state index in [-0.39, 0.29) is 27.5 Å². The van der Waals surface area contributed by atoms with E-state index < -0.39 is 44.0 Å². The van der Waals surface area contributed by atoms with Crippen LogP contribution in [0.15, 0.2) is 42.5 Å². The first-order valence-corrected chi connectivity index (χ1v) is 18.7. The summed E-state index contributed by atoms with van der Waals surface area (Å²) < 4.78 is 93.7. The Morgan fingerprint density at radius 2 is 1.56 bits per heavy atom. The van der Waals surface area contributed by atoms with Gasteiger partial charge < -0.3 is 4.43 Å². The van der Waals surface area contributed by atoms with E-state index in [4.69, 9.17) is 9.41 Å². The van der Waals surface area contributed by atoms with Crippen LogP contribution in [0, 0.1) is 17.0 Å². The van der Waals surface area contributed by atoms with Crippen LogP contribution >= 0.6 is 0 Å². The monoisotopic (exact) mass is 647 g/mol. The molecule has 0 bridgehead atoms. The number of alkyl halides is 4. The van der Waals surface area contributed by atoms with Crippen LogP contribution in [-0.2, 0) is 17.0 Å². The van der Waals surface area contributed by atoms with Gasteiger partial charge in [-0.15, -0.1) is 0 Å². The van der Waals surface area contributed by atoms with Gasteiger partial charge >= 0.3 is 6.18 Å². The highest BCUT2D eigenvalue weighted by Crippen LogP contribution is 2.53. The van der Waals surface area contributed by atoms with Crippen LogP contribution in [0.25, 0.3) is 11.1 Å². The van der Waals surface area contributed by atoms with Crippen LogP contribution in [0.5, 0.6) is 0 Å². The molecular formula is C36H43F6NOSi. The Hall–Kier alpha value is -2.65. The quantitative estimate of drug-likeness (QED) is 0.196. The summed E-state index contributed by atoms with van der Waals surface area (Å²) in [7, 11) is -2.40. The lowest BCUT2D eigenvalue weighted by Gasteiger charge is -2.45. The average molecular weight is 648 g/mol. The zero-order valence-electron chi connectivity index (χ0n) is 27.1. The molecule has 2 aromatic carbocycles. The van der Waals surface area contributed by atoms with E-state index in [9.17, 15) is 22.0 Å². The minimum absolute atomic E-state index is 0.0471. The summed E-state index contributed by atoms with van der Waals surface area (Å²) in [6, 6.07) is 7.67. The Morgan fingerprint density at radius 3 is 2.11 bits per heavy atom. The number of benzene rings is 2. The van der Waals surface area contributed by atoms with Gasteiger partial charge in [-0.25, -0.2) is 13.2 Å². The summed E-state index contributed by atoms with van der Waals surface area (Å²) in [6.45, 7) is 15.0. The number of rotatable bonds is 6.